The molecular formula is C6H11NO3. The van der Waals surface area contributed by atoms with Crippen LogP contribution in [0.4, 0.5) is 0 Å². The minimum absolute atomic E-state index is 0.137. The highest BCUT2D eigenvalue weighted by molar-refractivity contribution is 4.78. The largest absolute Gasteiger partial charge is 0.394 e. The number of aliphatic hydroxyl groups is 1. The summed E-state index contributed by atoms with van der Waals surface area (Å²) in [6.45, 7) is 0.491. The van der Waals surface area contributed by atoms with Crippen LogP contribution in [-0.4, -0.2) is 30.5 Å². The topological polar surface area (TPSA) is 58.9 Å². The molecule has 0 saturated carbocycles. The third kappa shape index (κ3) is 1.52. The van der Waals surface area contributed by atoms with Crippen molar-refractivity contribution in [3.05, 3.63) is 4.91 Å². The minimum Gasteiger partial charge on any atom is -0.394 e. The Balaban J connectivity index is 2.36. The molecule has 10 heavy (non-hydrogen) atoms. The zero-order valence-corrected chi connectivity index (χ0v) is 5.69. The zero-order valence-electron chi connectivity index (χ0n) is 5.69. The van der Waals surface area contributed by atoms with Crippen molar-refractivity contribution in [2.24, 2.45) is 5.18 Å². The van der Waals surface area contributed by atoms with Crippen LogP contribution in [0.25, 0.3) is 0 Å². The van der Waals surface area contributed by atoms with E-state index >= 15 is 0 Å². The van der Waals surface area contributed by atoms with Gasteiger partial charge in [-0.1, -0.05) is 5.18 Å². The number of nitroso groups, excluding NO2 is 1. The van der Waals surface area contributed by atoms with Crippen molar-refractivity contribution >= 4 is 0 Å². The molecule has 1 rings (SSSR count). The van der Waals surface area contributed by atoms with Crippen LogP contribution in [0.2, 0.25) is 0 Å². The standard InChI is InChI=1S/C6H11NO3/c8-4-5(7-9)6-2-1-3-10-6/h5-6,8H,1-4H2. The lowest BCUT2D eigenvalue weighted by Crippen LogP contribution is -2.26. The lowest BCUT2D eigenvalue weighted by Gasteiger charge is -2.11. The molecule has 1 aliphatic heterocycles. The van der Waals surface area contributed by atoms with Gasteiger partial charge in [0.25, 0.3) is 0 Å². The van der Waals surface area contributed by atoms with Crippen molar-refractivity contribution in [2.75, 3.05) is 13.2 Å². The quantitative estimate of drug-likeness (QED) is 0.581. The first-order valence-corrected chi connectivity index (χ1v) is 3.43. The summed E-state index contributed by atoms with van der Waals surface area (Å²) in [5.74, 6) is 0. The molecular weight excluding hydrogens is 134 g/mol. The van der Waals surface area contributed by atoms with Crippen LogP contribution >= 0.6 is 0 Å². The summed E-state index contributed by atoms with van der Waals surface area (Å²) in [4.78, 5) is 10.0. The van der Waals surface area contributed by atoms with Gasteiger partial charge in [-0.15, -0.1) is 0 Å². The van der Waals surface area contributed by atoms with E-state index in [9.17, 15) is 4.91 Å². The van der Waals surface area contributed by atoms with Crippen LogP contribution in [-0.2, 0) is 4.74 Å². The molecule has 2 unspecified atom stereocenters. The Kier molecular flexibility index (Phi) is 2.77. The first-order valence-electron chi connectivity index (χ1n) is 3.43. The van der Waals surface area contributed by atoms with E-state index in [-0.39, 0.29) is 12.7 Å². The van der Waals surface area contributed by atoms with Gasteiger partial charge in [-0.2, -0.15) is 4.91 Å². The summed E-state index contributed by atoms with van der Waals surface area (Å²) in [5.41, 5.74) is 0. The number of hydrogen-bond donors (Lipinski definition) is 1. The molecule has 1 fully saturated rings. The molecule has 4 heteroatoms. The van der Waals surface area contributed by atoms with E-state index < -0.39 is 6.04 Å². The Hall–Kier alpha value is -0.480. The van der Waals surface area contributed by atoms with Gasteiger partial charge in [0.15, 0.2) is 0 Å². The average molecular weight is 145 g/mol. The lowest BCUT2D eigenvalue weighted by atomic mass is 10.1. The molecule has 1 N–H and O–H groups in total. The van der Waals surface area contributed by atoms with Crippen molar-refractivity contribution in [1.82, 2.24) is 0 Å². The van der Waals surface area contributed by atoms with Crippen LogP contribution < -0.4 is 0 Å². The Morgan fingerprint density at radius 2 is 2.60 bits per heavy atom. The molecule has 58 valence electrons. The predicted molar refractivity (Wildman–Crippen MR) is 35.6 cm³/mol. The molecule has 0 aromatic carbocycles. The van der Waals surface area contributed by atoms with Gasteiger partial charge in [-0.3, -0.25) is 0 Å². The van der Waals surface area contributed by atoms with Gasteiger partial charge in [0, 0.05) is 6.61 Å². The fourth-order valence-corrected chi connectivity index (χ4v) is 1.12. The monoisotopic (exact) mass is 145 g/mol. The number of rotatable bonds is 3. The molecule has 0 bridgehead atoms. The third-order valence-corrected chi connectivity index (χ3v) is 1.72. The van der Waals surface area contributed by atoms with Gasteiger partial charge in [0.05, 0.1) is 12.7 Å². The first kappa shape index (κ1) is 7.63. The van der Waals surface area contributed by atoms with E-state index in [0.29, 0.717) is 6.61 Å². The van der Waals surface area contributed by atoms with Crippen molar-refractivity contribution in [1.29, 1.82) is 0 Å². The zero-order chi connectivity index (χ0) is 7.40. The molecule has 0 spiro atoms. The fourth-order valence-electron chi connectivity index (χ4n) is 1.12. The maximum Gasteiger partial charge on any atom is 0.141 e. The minimum atomic E-state index is -0.553. The first-order chi connectivity index (χ1) is 4.88. The SMILES string of the molecule is O=NC(CO)C1CCCO1. The van der Waals surface area contributed by atoms with Crippen molar-refractivity contribution in [3.8, 4) is 0 Å². The summed E-state index contributed by atoms with van der Waals surface area (Å²) in [7, 11) is 0. The van der Waals surface area contributed by atoms with E-state index in [1.54, 1.807) is 0 Å². The predicted octanol–water partition coefficient (Wildman–Crippen LogP) is 0.293. The molecule has 4 nitrogen and oxygen atoms in total. The Morgan fingerprint density at radius 3 is 3.00 bits per heavy atom. The number of nitrogens with zero attached hydrogens (tertiary/aromatic N) is 1. The maximum atomic E-state index is 10.0. The van der Waals surface area contributed by atoms with Crippen molar-refractivity contribution in [2.45, 2.75) is 25.0 Å². The molecule has 0 amide bonds. The number of hydrogen-bond acceptors (Lipinski definition) is 4. The highest BCUT2D eigenvalue weighted by Crippen LogP contribution is 2.17. The number of ether oxygens (including phenoxy) is 1. The molecule has 2 atom stereocenters. The maximum absolute atomic E-state index is 10.0. The Bertz CT molecular complexity index is 112. The van der Waals surface area contributed by atoms with Crippen LogP contribution in [0.3, 0.4) is 0 Å². The van der Waals surface area contributed by atoms with Crippen LogP contribution in [0.1, 0.15) is 12.8 Å². The van der Waals surface area contributed by atoms with Gasteiger partial charge < -0.3 is 9.84 Å². The highest BCUT2D eigenvalue weighted by Gasteiger charge is 2.25. The molecule has 1 aliphatic rings. The average Bonchev–Trinajstić information content (AvgIpc) is 2.43. The lowest BCUT2D eigenvalue weighted by molar-refractivity contribution is 0.0696. The van der Waals surface area contributed by atoms with E-state index in [1.807, 2.05) is 0 Å². The van der Waals surface area contributed by atoms with Gasteiger partial charge in [0.2, 0.25) is 0 Å². The van der Waals surface area contributed by atoms with Gasteiger partial charge in [0.1, 0.15) is 6.04 Å². The summed E-state index contributed by atoms with van der Waals surface area (Å²) in [6, 6.07) is -0.553. The van der Waals surface area contributed by atoms with Crippen LogP contribution in [0, 0.1) is 4.91 Å². The summed E-state index contributed by atoms with van der Waals surface area (Å²) >= 11 is 0. The second kappa shape index (κ2) is 3.63. The van der Waals surface area contributed by atoms with Crippen LogP contribution in [0.15, 0.2) is 5.18 Å². The summed E-state index contributed by atoms with van der Waals surface area (Å²) in [6.07, 6.45) is 1.68. The van der Waals surface area contributed by atoms with Crippen molar-refractivity contribution < 1.29 is 9.84 Å². The fraction of sp³-hybridized carbons (Fsp3) is 1.00. The highest BCUT2D eigenvalue weighted by atomic mass is 16.5. The van der Waals surface area contributed by atoms with Gasteiger partial charge >= 0.3 is 0 Å². The smallest absolute Gasteiger partial charge is 0.141 e. The second-order valence-electron chi connectivity index (χ2n) is 2.41. The molecule has 0 aliphatic carbocycles. The normalized spacial score (nSPS) is 28.3. The van der Waals surface area contributed by atoms with Crippen molar-refractivity contribution in [3.63, 3.8) is 0 Å². The summed E-state index contributed by atoms with van der Waals surface area (Å²) in [5, 5.41) is 11.4. The molecule has 0 aromatic rings. The second-order valence-corrected chi connectivity index (χ2v) is 2.41. The molecule has 1 heterocycles. The Labute approximate surface area is 59.2 Å². The third-order valence-electron chi connectivity index (χ3n) is 1.72. The molecule has 1 saturated heterocycles. The number of aliphatic hydroxyl groups excluding tert-OH is 1. The summed E-state index contributed by atoms with van der Waals surface area (Å²) < 4.78 is 5.14. The van der Waals surface area contributed by atoms with Crippen LogP contribution in [0.5, 0.6) is 0 Å². The van der Waals surface area contributed by atoms with E-state index in [2.05, 4.69) is 5.18 Å². The molecule has 0 aromatic heterocycles. The molecule has 0 radical (unpaired) electrons. The van der Waals surface area contributed by atoms with Gasteiger partial charge in [-0.05, 0) is 12.8 Å². The van der Waals surface area contributed by atoms with E-state index in [1.165, 1.54) is 0 Å². The van der Waals surface area contributed by atoms with E-state index in [0.717, 1.165) is 12.8 Å². The van der Waals surface area contributed by atoms with Gasteiger partial charge in [-0.25, -0.2) is 0 Å². The van der Waals surface area contributed by atoms with E-state index in [4.69, 9.17) is 9.84 Å². The Morgan fingerprint density at radius 1 is 1.80 bits per heavy atom.